The zero-order chi connectivity index (χ0) is 19.3. The van der Waals surface area contributed by atoms with Crippen molar-refractivity contribution in [2.24, 2.45) is 0 Å². The van der Waals surface area contributed by atoms with Gasteiger partial charge in [0.25, 0.3) is 5.69 Å². The summed E-state index contributed by atoms with van der Waals surface area (Å²) in [6, 6.07) is 3.52. The van der Waals surface area contributed by atoms with E-state index in [0.29, 0.717) is 0 Å². The molecule has 1 aromatic rings. The van der Waals surface area contributed by atoms with E-state index in [1.54, 1.807) is 13.8 Å². The van der Waals surface area contributed by atoms with Crippen LogP contribution in [-0.4, -0.2) is 36.1 Å². The van der Waals surface area contributed by atoms with E-state index in [1.807, 2.05) is 0 Å². The van der Waals surface area contributed by atoms with Crippen LogP contribution >= 0.6 is 0 Å². The van der Waals surface area contributed by atoms with Crippen LogP contribution in [0.1, 0.15) is 25.5 Å². The van der Waals surface area contributed by atoms with Gasteiger partial charge in [0.2, 0.25) is 0 Å². The first-order valence-electron chi connectivity index (χ1n) is 7.79. The summed E-state index contributed by atoms with van der Waals surface area (Å²) in [6.07, 6.45) is 0. The third kappa shape index (κ3) is 3.97. The lowest BCUT2D eigenvalue weighted by molar-refractivity contribution is -0.384. The van der Waals surface area contributed by atoms with Crippen molar-refractivity contribution in [2.75, 3.05) is 13.2 Å². The fourth-order valence-corrected chi connectivity index (χ4v) is 2.43. The van der Waals surface area contributed by atoms with Gasteiger partial charge < -0.3 is 20.1 Å². The van der Waals surface area contributed by atoms with Crippen LogP contribution in [0.5, 0.6) is 0 Å². The van der Waals surface area contributed by atoms with Crippen LogP contribution in [0.25, 0.3) is 0 Å². The van der Waals surface area contributed by atoms with Gasteiger partial charge in [-0.3, -0.25) is 10.1 Å². The maximum atomic E-state index is 12.4. The Hall–Kier alpha value is -3.43. The Balaban J connectivity index is 2.60. The van der Waals surface area contributed by atoms with E-state index in [1.165, 1.54) is 24.3 Å². The van der Waals surface area contributed by atoms with E-state index in [2.05, 4.69) is 10.6 Å². The summed E-state index contributed by atoms with van der Waals surface area (Å²) in [5.74, 6) is -1.75. The predicted molar refractivity (Wildman–Crippen MR) is 87.8 cm³/mol. The van der Waals surface area contributed by atoms with Crippen LogP contribution in [0.4, 0.5) is 10.5 Å². The molecular weight excluding hydrogens is 346 g/mol. The highest BCUT2D eigenvalue weighted by Crippen LogP contribution is 2.30. The molecule has 1 aliphatic rings. The van der Waals surface area contributed by atoms with Gasteiger partial charge in [-0.15, -0.1) is 0 Å². The summed E-state index contributed by atoms with van der Waals surface area (Å²) in [5, 5.41) is 15.7. The highest BCUT2D eigenvalue weighted by Gasteiger charge is 2.37. The predicted octanol–water partition coefficient (Wildman–Crippen LogP) is 1.33. The molecule has 0 spiro atoms. The Morgan fingerprint density at radius 1 is 1.19 bits per heavy atom. The Morgan fingerprint density at radius 3 is 2.46 bits per heavy atom. The maximum Gasteiger partial charge on any atom is 0.355 e. The number of hydrogen-bond acceptors (Lipinski definition) is 7. The Labute approximate surface area is 148 Å². The molecule has 138 valence electrons. The fraction of sp³-hybridized carbons (Fsp3) is 0.312. The van der Waals surface area contributed by atoms with Gasteiger partial charge in [0.15, 0.2) is 0 Å². The Morgan fingerprint density at radius 2 is 1.85 bits per heavy atom. The molecule has 1 aliphatic heterocycles. The Bertz CT molecular complexity index is 788. The molecular formula is C16H17N3O7. The number of nitrogens with one attached hydrogen (secondary N) is 2. The molecule has 0 saturated heterocycles. The molecule has 0 fully saturated rings. The molecule has 1 unspecified atom stereocenters. The zero-order valence-electron chi connectivity index (χ0n) is 14.1. The van der Waals surface area contributed by atoms with E-state index >= 15 is 0 Å². The molecule has 0 bridgehead atoms. The highest BCUT2D eigenvalue weighted by atomic mass is 16.6. The molecule has 2 N–H and O–H groups in total. The molecule has 0 radical (unpaired) electrons. The monoisotopic (exact) mass is 363 g/mol. The van der Waals surface area contributed by atoms with E-state index < -0.39 is 28.9 Å². The third-order valence-corrected chi connectivity index (χ3v) is 3.46. The average Bonchev–Trinajstić information content (AvgIpc) is 2.61. The van der Waals surface area contributed by atoms with Crippen LogP contribution in [0.2, 0.25) is 0 Å². The van der Waals surface area contributed by atoms with Gasteiger partial charge >= 0.3 is 18.0 Å². The van der Waals surface area contributed by atoms with Gasteiger partial charge in [-0.1, -0.05) is 12.1 Å². The number of urea groups is 1. The highest BCUT2D eigenvalue weighted by molar-refractivity contribution is 6.05. The lowest BCUT2D eigenvalue weighted by atomic mass is 9.95. The topological polar surface area (TPSA) is 137 Å². The third-order valence-electron chi connectivity index (χ3n) is 3.46. The van der Waals surface area contributed by atoms with E-state index in [0.717, 1.165) is 0 Å². The number of nitro benzene ring substituents is 1. The number of non-ortho nitro benzene ring substituents is 1. The molecule has 10 nitrogen and oxygen atoms in total. The van der Waals surface area contributed by atoms with Crippen molar-refractivity contribution in [3.8, 4) is 0 Å². The average molecular weight is 363 g/mol. The number of ether oxygens (including phenoxy) is 2. The van der Waals surface area contributed by atoms with Crippen LogP contribution < -0.4 is 10.6 Å². The fourth-order valence-electron chi connectivity index (χ4n) is 2.43. The number of amides is 2. The molecule has 0 aliphatic carbocycles. The van der Waals surface area contributed by atoms with Gasteiger partial charge in [-0.2, -0.15) is 0 Å². The summed E-state index contributed by atoms with van der Waals surface area (Å²) < 4.78 is 9.85. The number of esters is 2. The van der Waals surface area contributed by atoms with Crippen LogP contribution in [0.15, 0.2) is 35.5 Å². The minimum Gasteiger partial charge on any atom is -0.463 e. The number of nitro groups is 1. The SMILES string of the molecule is CCOC(=O)C1=C(C(=O)OCC)C(c2cccc([N+](=O)[O-])c2)NC(=O)N1. The molecule has 1 atom stereocenters. The molecule has 1 heterocycles. The van der Waals surface area contributed by atoms with E-state index in [9.17, 15) is 24.5 Å². The molecule has 1 aromatic carbocycles. The first kappa shape index (κ1) is 18.9. The van der Waals surface area contributed by atoms with Crippen molar-refractivity contribution in [3.05, 3.63) is 51.2 Å². The van der Waals surface area contributed by atoms with Gasteiger partial charge in [0, 0.05) is 12.1 Å². The summed E-state index contributed by atoms with van der Waals surface area (Å²) in [7, 11) is 0. The van der Waals surface area contributed by atoms with E-state index in [4.69, 9.17) is 9.47 Å². The molecule has 2 amide bonds. The smallest absolute Gasteiger partial charge is 0.355 e. The second-order valence-electron chi connectivity index (χ2n) is 5.11. The van der Waals surface area contributed by atoms with Crippen molar-refractivity contribution in [1.29, 1.82) is 0 Å². The number of benzene rings is 1. The minimum atomic E-state index is -1.11. The second-order valence-corrected chi connectivity index (χ2v) is 5.11. The summed E-state index contributed by atoms with van der Waals surface area (Å²) in [4.78, 5) is 46.9. The minimum absolute atomic E-state index is 0.0310. The van der Waals surface area contributed by atoms with Crippen molar-refractivity contribution in [2.45, 2.75) is 19.9 Å². The molecule has 0 saturated carbocycles. The number of nitrogens with zero attached hydrogens (tertiary/aromatic N) is 1. The second kappa shape index (κ2) is 8.10. The summed E-state index contributed by atoms with van der Waals surface area (Å²) in [5.41, 5.74) is -0.522. The molecule has 2 rings (SSSR count). The van der Waals surface area contributed by atoms with Crippen molar-refractivity contribution >= 4 is 23.7 Å². The maximum absolute atomic E-state index is 12.4. The standard InChI is InChI=1S/C16H17N3O7/c1-3-25-14(20)11-12(9-6-5-7-10(8-9)19(23)24)17-16(22)18-13(11)15(21)26-4-2/h5-8,12H,3-4H2,1-2H3,(H2,17,18,22). The van der Waals surface area contributed by atoms with Crippen molar-refractivity contribution in [3.63, 3.8) is 0 Å². The van der Waals surface area contributed by atoms with Gasteiger partial charge in [0.05, 0.1) is 29.8 Å². The lowest BCUT2D eigenvalue weighted by Crippen LogP contribution is -2.48. The van der Waals surface area contributed by atoms with Crippen LogP contribution in [0, 0.1) is 10.1 Å². The lowest BCUT2D eigenvalue weighted by Gasteiger charge is -2.28. The number of rotatable bonds is 6. The van der Waals surface area contributed by atoms with E-state index in [-0.39, 0.29) is 35.7 Å². The van der Waals surface area contributed by atoms with Crippen LogP contribution in [-0.2, 0) is 19.1 Å². The van der Waals surface area contributed by atoms with Gasteiger partial charge in [-0.25, -0.2) is 14.4 Å². The normalized spacial score (nSPS) is 16.4. The molecule has 10 heteroatoms. The summed E-state index contributed by atoms with van der Waals surface area (Å²) >= 11 is 0. The number of hydrogen-bond donors (Lipinski definition) is 2. The molecule has 0 aromatic heterocycles. The quantitative estimate of drug-likeness (QED) is 0.442. The van der Waals surface area contributed by atoms with Crippen molar-refractivity contribution < 1.29 is 28.8 Å². The number of carbonyl (C=O) groups is 3. The Kier molecular flexibility index (Phi) is 5.89. The molecule has 26 heavy (non-hydrogen) atoms. The number of carbonyl (C=O) groups excluding carboxylic acids is 3. The van der Waals surface area contributed by atoms with Crippen molar-refractivity contribution in [1.82, 2.24) is 10.6 Å². The van der Waals surface area contributed by atoms with Gasteiger partial charge in [-0.05, 0) is 19.4 Å². The zero-order valence-corrected chi connectivity index (χ0v) is 14.1. The van der Waals surface area contributed by atoms with Crippen LogP contribution in [0.3, 0.4) is 0 Å². The first-order valence-corrected chi connectivity index (χ1v) is 7.79. The first-order chi connectivity index (χ1) is 12.4. The van der Waals surface area contributed by atoms with Gasteiger partial charge in [0.1, 0.15) is 5.70 Å². The largest absolute Gasteiger partial charge is 0.463 e. The summed E-state index contributed by atoms with van der Waals surface area (Å²) in [6.45, 7) is 3.22.